The van der Waals surface area contributed by atoms with Gasteiger partial charge in [-0.25, -0.2) is 0 Å². The standard InChI is InChI=1S/C10H19NO.ClH/c11-8-9-3-6-12-10(7-9)4-1-2-5-10;/h9H,1-8,11H2;1H. The third kappa shape index (κ3) is 2.36. The Bertz CT molecular complexity index is 157. The zero-order valence-electron chi connectivity index (χ0n) is 8.13. The van der Waals surface area contributed by atoms with Crippen LogP contribution in [0.5, 0.6) is 0 Å². The summed E-state index contributed by atoms with van der Waals surface area (Å²) in [6, 6.07) is 0. The largest absolute Gasteiger partial charge is 0.375 e. The highest BCUT2D eigenvalue weighted by atomic mass is 35.5. The smallest absolute Gasteiger partial charge is 0.0685 e. The zero-order chi connectivity index (χ0) is 8.44. The molecule has 0 aromatic carbocycles. The first-order valence-corrected chi connectivity index (χ1v) is 5.19. The molecule has 1 unspecified atom stereocenters. The number of hydrogen-bond acceptors (Lipinski definition) is 2. The second-order valence-electron chi connectivity index (χ2n) is 4.33. The van der Waals surface area contributed by atoms with Crippen molar-refractivity contribution in [2.45, 2.75) is 44.1 Å². The van der Waals surface area contributed by atoms with Crippen LogP contribution in [0.25, 0.3) is 0 Å². The van der Waals surface area contributed by atoms with E-state index in [4.69, 9.17) is 10.5 Å². The summed E-state index contributed by atoms with van der Waals surface area (Å²) in [6.45, 7) is 1.80. The van der Waals surface area contributed by atoms with Gasteiger partial charge < -0.3 is 10.5 Å². The lowest BCUT2D eigenvalue weighted by molar-refractivity contribution is -0.0910. The minimum atomic E-state index is 0. The van der Waals surface area contributed by atoms with Crippen molar-refractivity contribution < 1.29 is 4.74 Å². The molecule has 0 radical (unpaired) electrons. The van der Waals surface area contributed by atoms with E-state index in [0.29, 0.717) is 0 Å². The molecule has 0 bridgehead atoms. The van der Waals surface area contributed by atoms with Gasteiger partial charge in [0.05, 0.1) is 5.60 Å². The molecule has 13 heavy (non-hydrogen) atoms. The Hall–Kier alpha value is 0.210. The van der Waals surface area contributed by atoms with E-state index < -0.39 is 0 Å². The predicted molar refractivity (Wildman–Crippen MR) is 56.2 cm³/mol. The maximum absolute atomic E-state index is 5.90. The SMILES string of the molecule is Cl.NCC1CCOC2(CCCC2)C1. The van der Waals surface area contributed by atoms with Crippen LogP contribution < -0.4 is 5.73 Å². The summed E-state index contributed by atoms with van der Waals surface area (Å²) in [5.41, 5.74) is 5.96. The molecular formula is C10H20ClNO. The van der Waals surface area contributed by atoms with E-state index in [1.807, 2.05) is 0 Å². The second-order valence-corrected chi connectivity index (χ2v) is 4.33. The Kier molecular flexibility index (Phi) is 4.02. The van der Waals surface area contributed by atoms with E-state index in [-0.39, 0.29) is 18.0 Å². The van der Waals surface area contributed by atoms with Crippen LogP contribution in [0.2, 0.25) is 0 Å². The fraction of sp³-hybridized carbons (Fsp3) is 1.00. The van der Waals surface area contributed by atoms with E-state index in [1.54, 1.807) is 0 Å². The van der Waals surface area contributed by atoms with Crippen molar-refractivity contribution in [3.8, 4) is 0 Å². The quantitative estimate of drug-likeness (QED) is 0.712. The molecule has 0 amide bonds. The van der Waals surface area contributed by atoms with Gasteiger partial charge in [-0.15, -0.1) is 12.4 Å². The molecule has 0 aromatic rings. The average Bonchev–Trinajstić information content (AvgIpc) is 2.53. The lowest BCUT2D eigenvalue weighted by atomic mass is 9.85. The highest BCUT2D eigenvalue weighted by Crippen LogP contribution is 2.41. The Labute approximate surface area is 86.6 Å². The van der Waals surface area contributed by atoms with Crippen LogP contribution >= 0.6 is 12.4 Å². The maximum Gasteiger partial charge on any atom is 0.0685 e. The Morgan fingerprint density at radius 3 is 2.62 bits per heavy atom. The Morgan fingerprint density at radius 2 is 2.00 bits per heavy atom. The average molecular weight is 206 g/mol. The molecule has 1 heterocycles. The molecule has 3 heteroatoms. The molecule has 2 nitrogen and oxygen atoms in total. The van der Waals surface area contributed by atoms with Crippen molar-refractivity contribution in [1.82, 2.24) is 0 Å². The van der Waals surface area contributed by atoms with Crippen LogP contribution in [-0.4, -0.2) is 18.8 Å². The number of halogens is 1. The van der Waals surface area contributed by atoms with Gasteiger partial charge in [0.2, 0.25) is 0 Å². The Balaban J connectivity index is 0.000000845. The first-order chi connectivity index (χ1) is 5.85. The maximum atomic E-state index is 5.90. The van der Waals surface area contributed by atoms with Crippen molar-refractivity contribution in [1.29, 1.82) is 0 Å². The van der Waals surface area contributed by atoms with Crippen LogP contribution in [0.3, 0.4) is 0 Å². The van der Waals surface area contributed by atoms with Crippen molar-refractivity contribution in [2.75, 3.05) is 13.2 Å². The van der Waals surface area contributed by atoms with Crippen LogP contribution in [0.1, 0.15) is 38.5 Å². The van der Waals surface area contributed by atoms with Gasteiger partial charge in [-0.2, -0.15) is 0 Å². The molecule has 1 saturated heterocycles. The minimum Gasteiger partial charge on any atom is -0.375 e. The van der Waals surface area contributed by atoms with Crippen molar-refractivity contribution in [3.05, 3.63) is 0 Å². The number of rotatable bonds is 1. The Morgan fingerprint density at radius 1 is 1.31 bits per heavy atom. The van der Waals surface area contributed by atoms with E-state index in [2.05, 4.69) is 0 Å². The number of hydrogen-bond donors (Lipinski definition) is 1. The van der Waals surface area contributed by atoms with Crippen LogP contribution in [-0.2, 0) is 4.74 Å². The minimum absolute atomic E-state index is 0. The fourth-order valence-electron chi connectivity index (χ4n) is 2.70. The molecule has 2 aliphatic rings. The van der Waals surface area contributed by atoms with Gasteiger partial charge in [-0.05, 0) is 38.1 Å². The molecule has 1 saturated carbocycles. The molecule has 1 atom stereocenters. The third-order valence-corrected chi connectivity index (χ3v) is 3.44. The van der Waals surface area contributed by atoms with Gasteiger partial charge in [-0.3, -0.25) is 0 Å². The molecule has 1 aliphatic heterocycles. The summed E-state index contributed by atoms with van der Waals surface area (Å²) < 4.78 is 5.90. The van der Waals surface area contributed by atoms with E-state index >= 15 is 0 Å². The fourth-order valence-corrected chi connectivity index (χ4v) is 2.70. The summed E-state index contributed by atoms with van der Waals surface area (Å²) in [5.74, 6) is 0.733. The van der Waals surface area contributed by atoms with Crippen LogP contribution in [0.15, 0.2) is 0 Å². The van der Waals surface area contributed by atoms with Gasteiger partial charge >= 0.3 is 0 Å². The third-order valence-electron chi connectivity index (χ3n) is 3.44. The van der Waals surface area contributed by atoms with Gasteiger partial charge in [0.15, 0.2) is 0 Å². The lowest BCUT2D eigenvalue weighted by Crippen LogP contribution is -2.39. The molecule has 78 valence electrons. The summed E-state index contributed by atoms with van der Waals surface area (Å²) in [7, 11) is 0. The van der Waals surface area contributed by atoms with Crippen molar-refractivity contribution in [3.63, 3.8) is 0 Å². The monoisotopic (exact) mass is 205 g/mol. The number of nitrogens with two attached hydrogens (primary N) is 1. The summed E-state index contributed by atoms with van der Waals surface area (Å²) in [6.07, 6.45) is 7.68. The first-order valence-electron chi connectivity index (χ1n) is 5.19. The molecular weight excluding hydrogens is 186 g/mol. The van der Waals surface area contributed by atoms with Crippen molar-refractivity contribution in [2.24, 2.45) is 11.7 Å². The molecule has 2 fully saturated rings. The second kappa shape index (κ2) is 4.63. The van der Waals surface area contributed by atoms with Crippen molar-refractivity contribution >= 4 is 12.4 Å². The summed E-state index contributed by atoms with van der Waals surface area (Å²) >= 11 is 0. The summed E-state index contributed by atoms with van der Waals surface area (Å²) in [4.78, 5) is 0. The van der Waals surface area contributed by atoms with Gasteiger partial charge in [0.25, 0.3) is 0 Å². The highest BCUT2D eigenvalue weighted by Gasteiger charge is 2.39. The molecule has 1 aliphatic carbocycles. The molecule has 1 spiro atoms. The molecule has 2 N–H and O–H groups in total. The normalized spacial score (nSPS) is 31.6. The number of ether oxygens (including phenoxy) is 1. The van der Waals surface area contributed by atoms with Gasteiger partial charge in [-0.1, -0.05) is 12.8 Å². The molecule has 0 aromatic heterocycles. The zero-order valence-corrected chi connectivity index (χ0v) is 8.94. The first kappa shape index (κ1) is 11.3. The molecule has 2 rings (SSSR count). The van der Waals surface area contributed by atoms with E-state index in [0.717, 1.165) is 19.1 Å². The topological polar surface area (TPSA) is 35.2 Å². The lowest BCUT2D eigenvalue weighted by Gasteiger charge is -2.37. The van der Waals surface area contributed by atoms with Crippen LogP contribution in [0.4, 0.5) is 0 Å². The van der Waals surface area contributed by atoms with Gasteiger partial charge in [0, 0.05) is 6.61 Å². The van der Waals surface area contributed by atoms with E-state index in [9.17, 15) is 0 Å². The van der Waals surface area contributed by atoms with E-state index in [1.165, 1.54) is 38.5 Å². The summed E-state index contributed by atoms with van der Waals surface area (Å²) in [5, 5.41) is 0. The van der Waals surface area contributed by atoms with Gasteiger partial charge in [0.1, 0.15) is 0 Å². The highest BCUT2D eigenvalue weighted by molar-refractivity contribution is 5.85. The predicted octanol–water partition coefficient (Wildman–Crippen LogP) is 2.11. The van der Waals surface area contributed by atoms with Crippen LogP contribution in [0, 0.1) is 5.92 Å².